The Kier molecular flexibility index (Phi) is 2.25. The van der Waals surface area contributed by atoms with Crippen LogP contribution < -0.4 is 9.47 Å². The van der Waals surface area contributed by atoms with Gasteiger partial charge in [0.05, 0.1) is 13.2 Å². The van der Waals surface area contributed by atoms with Crippen molar-refractivity contribution < 1.29 is 9.47 Å². The molecular weight excluding hydrogens is 212 g/mol. The summed E-state index contributed by atoms with van der Waals surface area (Å²) in [6, 6.07) is 12.3. The highest BCUT2D eigenvalue weighted by Gasteiger charge is 2.25. The average molecular weight is 228 g/mol. The van der Waals surface area contributed by atoms with Crippen LogP contribution in [0.5, 0.6) is 11.5 Å². The highest BCUT2D eigenvalue weighted by atomic mass is 16.5. The maximum absolute atomic E-state index is 5.95. The molecule has 1 heterocycles. The minimum Gasteiger partial charge on any atom is -0.489 e. The molecule has 88 valence electrons. The van der Waals surface area contributed by atoms with Crippen LogP contribution in [-0.2, 0) is 0 Å². The summed E-state index contributed by atoms with van der Waals surface area (Å²) in [4.78, 5) is 0. The molecule has 0 amide bonds. The van der Waals surface area contributed by atoms with E-state index in [0.29, 0.717) is 13.2 Å². The summed E-state index contributed by atoms with van der Waals surface area (Å²) in [5.41, 5.74) is 0.0557. The van der Waals surface area contributed by atoms with Crippen LogP contribution >= 0.6 is 0 Å². The van der Waals surface area contributed by atoms with Gasteiger partial charge in [-0.15, -0.1) is 0 Å². The van der Waals surface area contributed by atoms with Crippen LogP contribution in [0.15, 0.2) is 36.4 Å². The molecular formula is C15H16O2. The summed E-state index contributed by atoms with van der Waals surface area (Å²) in [5.74, 6) is 1.74. The van der Waals surface area contributed by atoms with Crippen LogP contribution in [0.1, 0.15) is 13.8 Å². The molecule has 0 fully saturated rings. The number of ether oxygens (including phenoxy) is 2. The quantitative estimate of drug-likeness (QED) is 0.685. The monoisotopic (exact) mass is 228 g/mol. The molecule has 2 nitrogen and oxygen atoms in total. The zero-order valence-electron chi connectivity index (χ0n) is 10.2. The van der Waals surface area contributed by atoms with Crippen LogP contribution in [-0.4, -0.2) is 13.2 Å². The van der Waals surface area contributed by atoms with E-state index in [1.807, 2.05) is 18.2 Å². The van der Waals surface area contributed by atoms with Crippen molar-refractivity contribution in [1.82, 2.24) is 0 Å². The Labute approximate surface area is 101 Å². The van der Waals surface area contributed by atoms with Crippen molar-refractivity contribution in [2.24, 2.45) is 5.41 Å². The van der Waals surface area contributed by atoms with E-state index in [9.17, 15) is 0 Å². The SMILES string of the molecule is CC1(C)COc2ccc3ccccc3c2OC1. The van der Waals surface area contributed by atoms with Crippen molar-refractivity contribution in [3.63, 3.8) is 0 Å². The van der Waals surface area contributed by atoms with Crippen molar-refractivity contribution in [3.8, 4) is 11.5 Å². The van der Waals surface area contributed by atoms with Crippen molar-refractivity contribution in [2.75, 3.05) is 13.2 Å². The van der Waals surface area contributed by atoms with Gasteiger partial charge in [-0.1, -0.05) is 44.2 Å². The van der Waals surface area contributed by atoms with Gasteiger partial charge in [0.25, 0.3) is 0 Å². The first-order valence-corrected chi connectivity index (χ1v) is 5.93. The molecule has 0 unspecified atom stereocenters. The van der Waals surface area contributed by atoms with Gasteiger partial charge in [-0.25, -0.2) is 0 Å². The Balaban J connectivity index is 2.15. The first-order chi connectivity index (χ1) is 8.16. The lowest BCUT2D eigenvalue weighted by atomic mass is 9.97. The maximum atomic E-state index is 5.95. The third-order valence-electron chi connectivity index (χ3n) is 3.07. The van der Waals surface area contributed by atoms with Crippen LogP contribution in [0, 0.1) is 5.41 Å². The highest BCUT2D eigenvalue weighted by Crippen LogP contribution is 2.39. The Morgan fingerprint density at radius 1 is 0.941 bits per heavy atom. The topological polar surface area (TPSA) is 18.5 Å². The standard InChI is InChI=1S/C15H16O2/c1-15(2)9-16-13-8-7-11-5-3-4-6-12(11)14(13)17-10-15/h3-8H,9-10H2,1-2H3. The van der Waals surface area contributed by atoms with Gasteiger partial charge in [0.2, 0.25) is 0 Å². The van der Waals surface area contributed by atoms with Crippen LogP contribution in [0.2, 0.25) is 0 Å². The normalized spacial score (nSPS) is 17.8. The predicted octanol–water partition coefficient (Wildman–Crippen LogP) is 3.64. The molecule has 17 heavy (non-hydrogen) atoms. The van der Waals surface area contributed by atoms with Crippen LogP contribution in [0.4, 0.5) is 0 Å². The van der Waals surface area contributed by atoms with Crippen LogP contribution in [0.25, 0.3) is 10.8 Å². The number of hydrogen-bond acceptors (Lipinski definition) is 2. The van der Waals surface area contributed by atoms with E-state index < -0.39 is 0 Å². The summed E-state index contributed by atoms with van der Waals surface area (Å²) < 4.78 is 11.8. The van der Waals surface area contributed by atoms with Crippen molar-refractivity contribution in [1.29, 1.82) is 0 Å². The fourth-order valence-electron chi connectivity index (χ4n) is 2.07. The maximum Gasteiger partial charge on any atom is 0.168 e. The van der Waals surface area contributed by atoms with E-state index in [1.54, 1.807) is 0 Å². The molecule has 0 N–H and O–H groups in total. The highest BCUT2D eigenvalue weighted by molar-refractivity contribution is 5.90. The van der Waals surface area contributed by atoms with E-state index in [4.69, 9.17) is 9.47 Å². The fraction of sp³-hybridized carbons (Fsp3) is 0.333. The van der Waals surface area contributed by atoms with Gasteiger partial charge >= 0.3 is 0 Å². The molecule has 0 spiro atoms. The number of hydrogen-bond donors (Lipinski definition) is 0. The predicted molar refractivity (Wildman–Crippen MR) is 68.7 cm³/mol. The second kappa shape index (κ2) is 3.66. The summed E-state index contributed by atoms with van der Waals surface area (Å²) in [6.07, 6.45) is 0. The van der Waals surface area contributed by atoms with Gasteiger partial charge in [0, 0.05) is 10.8 Å². The molecule has 0 aromatic heterocycles. The van der Waals surface area contributed by atoms with Crippen molar-refractivity contribution >= 4 is 10.8 Å². The van der Waals surface area contributed by atoms with Crippen molar-refractivity contribution in [2.45, 2.75) is 13.8 Å². The zero-order valence-corrected chi connectivity index (χ0v) is 10.2. The van der Waals surface area contributed by atoms with Gasteiger partial charge in [0.15, 0.2) is 11.5 Å². The lowest BCUT2D eigenvalue weighted by Gasteiger charge is -2.19. The first kappa shape index (κ1) is 10.5. The summed E-state index contributed by atoms with van der Waals surface area (Å²) in [7, 11) is 0. The van der Waals surface area contributed by atoms with E-state index >= 15 is 0 Å². The average Bonchev–Trinajstić information content (AvgIpc) is 2.49. The molecule has 0 atom stereocenters. The molecule has 1 aliphatic heterocycles. The molecule has 0 bridgehead atoms. The molecule has 0 radical (unpaired) electrons. The van der Waals surface area contributed by atoms with E-state index in [2.05, 4.69) is 32.0 Å². The number of fused-ring (bicyclic) bond motifs is 3. The van der Waals surface area contributed by atoms with E-state index in [1.165, 1.54) is 5.39 Å². The Bertz CT molecular complexity index is 558. The van der Waals surface area contributed by atoms with Gasteiger partial charge in [-0.3, -0.25) is 0 Å². The minimum absolute atomic E-state index is 0.0557. The fourth-order valence-corrected chi connectivity index (χ4v) is 2.07. The van der Waals surface area contributed by atoms with Gasteiger partial charge in [-0.2, -0.15) is 0 Å². The van der Waals surface area contributed by atoms with Gasteiger partial charge < -0.3 is 9.47 Å². The van der Waals surface area contributed by atoms with E-state index in [0.717, 1.165) is 16.9 Å². The molecule has 0 saturated carbocycles. The molecule has 1 aliphatic rings. The second-order valence-electron chi connectivity index (χ2n) is 5.36. The van der Waals surface area contributed by atoms with Crippen molar-refractivity contribution in [3.05, 3.63) is 36.4 Å². The lowest BCUT2D eigenvalue weighted by molar-refractivity contribution is 0.140. The third-order valence-corrected chi connectivity index (χ3v) is 3.07. The number of benzene rings is 2. The molecule has 2 aromatic carbocycles. The Morgan fingerprint density at radius 2 is 1.71 bits per heavy atom. The molecule has 0 aliphatic carbocycles. The smallest absolute Gasteiger partial charge is 0.168 e. The summed E-state index contributed by atoms with van der Waals surface area (Å²) in [6.45, 7) is 5.69. The summed E-state index contributed by atoms with van der Waals surface area (Å²) in [5, 5.41) is 2.32. The van der Waals surface area contributed by atoms with E-state index in [-0.39, 0.29) is 5.41 Å². The lowest BCUT2D eigenvalue weighted by Crippen LogP contribution is -2.26. The molecule has 2 heteroatoms. The van der Waals surface area contributed by atoms with Gasteiger partial charge in [-0.05, 0) is 11.5 Å². The van der Waals surface area contributed by atoms with Gasteiger partial charge in [0.1, 0.15) is 0 Å². The Hall–Kier alpha value is -1.70. The summed E-state index contributed by atoms with van der Waals surface area (Å²) >= 11 is 0. The largest absolute Gasteiger partial charge is 0.489 e. The third kappa shape index (κ3) is 1.84. The minimum atomic E-state index is 0.0557. The number of rotatable bonds is 0. The van der Waals surface area contributed by atoms with Crippen LogP contribution in [0.3, 0.4) is 0 Å². The molecule has 0 saturated heterocycles. The molecule has 3 rings (SSSR count). The zero-order chi connectivity index (χ0) is 11.9. The molecule has 2 aromatic rings. The first-order valence-electron chi connectivity index (χ1n) is 5.93. The second-order valence-corrected chi connectivity index (χ2v) is 5.36. The Morgan fingerprint density at radius 3 is 2.59 bits per heavy atom.